The van der Waals surface area contributed by atoms with E-state index in [9.17, 15) is 4.79 Å². The molecule has 1 unspecified atom stereocenters. The second-order valence-electron chi connectivity index (χ2n) is 3.02. The maximum Gasteiger partial charge on any atom is 0.237 e. The van der Waals surface area contributed by atoms with Gasteiger partial charge in [-0.2, -0.15) is 0 Å². The Bertz CT molecular complexity index is 265. The number of nitrogens with zero attached hydrogens (tertiary/aromatic N) is 1. The van der Waals surface area contributed by atoms with Gasteiger partial charge in [-0.1, -0.05) is 0 Å². The van der Waals surface area contributed by atoms with Crippen LogP contribution in [0.2, 0.25) is 0 Å². The van der Waals surface area contributed by atoms with Crippen molar-refractivity contribution in [2.45, 2.75) is 18.9 Å². The van der Waals surface area contributed by atoms with Crippen LogP contribution >= 0.6 is 0 Å². The van der Waals surface area contributed by atoms with Crippen LogP contribution in [-0.4, -0.2) is 21.4 Å². The van der Waals surface area contributed by atoms with Crippen molar-refractivity contribution in [3.8, 4) is 0 Å². The summed E-state index contributed by atoms with van der Waals surface area (Å²) in [7, 11) is 0. The summed E-state index contributed by atoms with van der Waals surface area (Å²) in [6.07, 6.45) is 3.58. The SMILES string of the molecule is CC(N)(Cc1c[nH]cn1)C(N)=O. The van der Waals surface area contributed by atoms with Gasteiger partial charge in [-0.15, -0.1) is 0 Å². The molecule has 66 valence electrons. The first-order valence-electron chi connectivity index (χ1n) is 3.59. The molecule has 1 amide bonds. The lowest BCUT2D eigenvalue weighted by atomic mass is 9.97. The van der Waals surface area contributed by atoms with Crippen LogP contribution in [0.5, 0.6) is 0 Å². The normalized spacial score (nSPS) is 15.5. The minimum atomic E-state index is -1.02. The number of hydrogen-bond acceptors (Lipinski definition) is 3. The number of rotatable bonds is 3. The number of H-pyrrole nitrogens is 1. The molecule has 12 heavy (non-hydrogen) atoms. The van der Waals surface area contributed by atoms with Gasteiger partial charge in [0, 0.05) is 12.6 Å². The van der Waals surface area contributed by atoms with E-state index in [0.29, 0.717) is 6.42 Å². The summed E-state index contributed by atoms with van der Waals surface area (Å²) in [6, 6.07) is 0. The largest absolute Gasteiger partial charge is 0.368 e. The van der Waals surface area contributed by atoms with Crippen molar-refractivity contribution >= 4 is 5.91 Å². The average Bonchev–Trinajstić information content (AvgIpc) is 2.38. The van der Waals surface area contributed by atoms with Gasteiger partial charge in [0.15, 0.2) is 0 Å². The Morgan fingerprint density at radius 2 is 2.50 bits per heavy atom. The highest BCUT2D eigenvalue weighted by atomic mass is 16.1. The first-order chi connectivity index (χ1) is 5.52. The van der Waals surface area contributed by atoms with Crippen LogP contribution in [0.25, 0.3) is 0 Å². The quantitative estimate of drug-likeness (QED) is 0.548. The smallest absolute Gasteiger partial charge is 0.237 e. The Balaban J connectivity index is 2.69. The molecule has 0 saturated carbocycles. The van der Waals surface area contributed by atoms with Crippen molar-refractivity contribution < 1.29 is 4.79 Å². The molecule has 0 aliphatic carbocycles. The van der Waals surface area contributed by atoms with Gasteiger partial charge in [-0.25, -0.2) is 4.98 Å². The summed E-state index contributed by atoms with van der Waals surface area (Å²) in [6.45, 7) is 1.59. The molecular weight excluding hydrogens is 156 g/mol. The van der Waals surface area contributed by atoms with Gasteiger partial charge in [0.2, 0.25) is 5.91 Å². The zero-order valence-electron chi connectivity index (χ0n) is 6.87. The average molecular weight is 168 g/mol. The van der Waals surface area contributed by atoms with E-state index in [1.54, 1.807) is 13.1 Å². The topological polar surface area (TPSA) is 97.8 Å². The maximum absolute atomic E-state index is 10.8. The van der Waals surface area contributed by atoms with E-state index in [2.05, 4.69) is 9.97 Å². The summed E-state index contributed by atoms with van der Waals surface area (Å²) in [5.74, 6) is -0.523. The second kappa shape index (κ2) is 2.94. The minimum absolute atomic E-state index is 0.353. The zero-order valence-corrected chi connectivity index (χ0v) is 6.87. The highest BCUT2D eigenvalue weighted by Gasteiger charge is 2.26. The van der Waals surface area contributed by atoms with E-state index in [0.717, 1.165) is 5.69 Å². The Hall–Kier alpha value is -1.36. The Morgan fingerprint density at radius 3 is 2.92 bits per heavy atom. The third-order valence-corrected chi connectivity index (χ3v) is 1.67. The first-order valence-corrected chi connectivity index (χ1v) is 3.59. The molecule has 1 aromatic heterocycles. The third kappa shape index (κ3) is 1.82. The molecule has 1 aromatic rings. The number of aromatic nitrogens is 2. The van der Waals surface area contributed by atoms with E-state index in [-0.39, 0.29) is 0 Å². The predicted octanol–water partition coefficient (Wildman–Crippen LogP) is -0.845. The molecule has 5 N–H and O–H groups in total. The highest BCUT2D eigenvalue weighted by molar-refractivity contribution is 5.84. The Kier molecular flexibility index (Phi) is 2.14. The van der Waals surface area contributed by atoms with Crippen LogP contribution in [0.15, 0.2) is 12.5 Å². The number of nitrogens with two attached hydrogens (primary N) is 2. The minimum Gasteiger partial charge on any atom is -0.368 e. The van der Waals surface area contributed by atoms with E-state index in [1.165, 1.54) is 6.33 Å². The number of primary amides is 1. The lowest BCUT2D eigenvalue weighted by molar-refractivity contribution is -0.122. The molecule has 0 fully saturated rings. The molecule has 0 aliphatic heterocycles. The van der Waals surface area contributed by atoms with Gasteiger partial charge in [-0.3, -0.25) is 4.79 Å². The molecule has 5 nitrogen and oxygen atoms in total. The fourth-order valence-electron chi connectivity index (χ4n) is 0.851. The number of imidazole rings is 1. The van der Waals surface area contributed by atoms with Gasteiger partial charge in [0.05, 0.1) is 17.6 Å². The lowest BCUT2D eigenvalue weighted by Gasteiger charge is -2.18. The Labute approximate surface area is 70.2 Å². The number of aromatic amines is 1. The molecule has 1 heterocycles. The molecule has 1 rings (SSSR count). The number of nitrogens with one attached hydrogen (secondary N) is 1. The zero-order chi connectivity index (χ0) is 9.19. The van der Waals surface area contributed by atoms with E-state index >= 15 is 0 Å². The van der Waals surface area contributed by atoms with Crippen molar-refractivity contribution in [3.63, 3.8) is 0 Å². The Morgan fingerprint density at radius 1 is 1.83 bits per heavy atom. The van der Waals surface area contributed by atoms with E-state index < -0.39 is 11.4 Å². The van der Waals surface area contributed by atoms with Crippen LogP contribution in [0.3, 0.4) is 0 Å². The van der Waals surface area contributed by atoms with E-state index in [4.69, 9.17) is 11.5 Å². The molecule has 5 heteroatoms. The summed E-state index contributed by atoms with van der Waals surface area (Å²) in [5, 5.41) is 0. The summed E-state index contributed by atoms with van der Waals surface area (Å²) in [4.78, 5) is 17.5. The van der Waals surface area contributed by atoms with Gasteiger partial charge in [0.1, 0.15) is 0 Å². The number of amides is 1. The van der Waals surface area contributed by atoms with Crippen LogP contribution < -0.4 is 11.5 Å². The van der Waals surface area contributed by atoms with Crippen molar-refractivity contribution in [1.29, 1.82) is 0 Å². The van der Waals surface area contributed by atoms with Crippen molar-refractivity contribution in [1.82, 2.24) is 9.97 Å². The number of hydrogen-bond donors (Lipinski definition) is 3. The highest BCUT2D eigenvalue weighted by Crippen LogP contribution is 2.06. The summed E-state index contributed by atoms with van der Waals surface area (Å²) >= 11 is 0. The maximum atomic E-state index is 10.8. The van der Waals surface area contributed by atoms with Crippen LogP contribution in [-0.2, 0) is 11.2 Å². The second-order valence-corrected chi connectivity index (χ2v) is 3.02. The van der Waals surface area contributed by atoms with Gasteiger partial charge >= 0.3 is 0 Å². The molecular formula is C7H12N4O. The molecule has 0 spiro atoms. The van der Waals surface area contributed by atoms with Crippen LogP contribution in [0, 0.1) is 0 Å². The molecule has 0 saturated heterocycles. The van der Waals surface area contributed by atoms with Crippen molar-refractivity contribution in [3.05, 3.63) is 18.2 Å². The molecule has 0 aromatic carbocycles. The van der Waals surface area contributed by atoms with Crippen molar-refractivity contribution in [2.24, 2.45) is 11.5 Å². The number of carbonyl (C=O) groups excluding carboxylic acids is 1. The fraction of sp³-hybridized carbons (Fsp3) is 0.429. The fourth-order valence-corrected chi connectivity index (χ4v) is 0.851. The van der Waals surface area contributed by atoms with Crippen LogP contribution in [0.1, 0.15) is 12.6 Å². The van der Waals surface area contributed by atoms with Gasteiger partial charge in [-0.05, 0) is 6.92 Å². The van der Waals surface area contributed by atoms with Gasteiger partial charge < -0.3 is 16.5 Å². The first kappa shape index (κ1) is 8.73. The predicted molar refractivity (Wildman–Crippen MR) is 44.1 cm³/mol. The van der Waals surface area contributed by atoms with Crippen molar-refractivity contribution in [2.75, 3.05) is 0 Å². The number of carbonyl (C=O) groups is 1. The van der Waals surface area contributed by atoms with Crippen LogP contribution in [0.4, 0.5) is 0 Å². The third-order valence-electron chi connectivity index (χ3n) is 1.67. The molecule has 0 bridgehead atoms. The molecule has 0 aliphatic rings. The summed E-state index contributed by atoms with van der Waals surface area (Å²) in [5.41, 5.74) is 10.4. The van der Waals surface area contributed by atoms with E-state index in [1.807, 2.05) is 0 Å². The molecule has 1 atom stereocenters. The van der Waals surface area contributed by atoms with Gasteiger partial charge in [0.25, 0.3) is 0 Å². The summed E-state index contributed by atoms with van der Waals surface area (Å²) < 4.78 is 0. The standard InChI is InChI=1S/C7H12N4O/c1-7(9,6(8)12)2-5-3-10-4-11-5/h3-4H,2,9H2,1H3,(H2,8,12)(H,10,11). The molecule has 0 radical (unpaired) electrons. The lowest BCUT2D eigenvalue weighted by Crippen LogP contribution is -2.51. The monoisotopic (exact) mass is 168 g/mol.